The van der Waals surface area contributed by atoms with Crippen LogP contribution in [0.15, 0.2) is 0 Å². The molecule has 272 valence electrons. The number of rotatable bonds is 7. The van der Waals surface area contributed by atoms with Crippen LogP contribution in [-0.2, 0) is 23.7 Å². The van der Waals surface area contributed by atoms with E-state index < -0.39 is 149 Å². The van der Waals surface area contributed by atoms with Gasteiger partial charge in [0.15, 0.2) is 24.5 Å². The summed E-state index contributed by atoms with van der Waals surface area (Å²) < 4.78 is 25.2. The highest BCUT2D eigenvalue weighted by molar-refractivity contribution is 5.11. The quantitative estimate of drug-likeness (QED) is 0.118. The zero-order valence-electron chi connectivity index (χ0n) is 23.9. The molecule has 4 aliphatic heterocycles. The fourth-order valence-electron chi connectivity index (χ4n) is 5.57. The van der Waals surface area contributed by atoms with E-state index in [1.54, 1.807) is 0 Å². The molecule has 0 bridgehead atoms. The van der Waals surface area contributed by atoms with Gasteiger partial charge in [0, 0.05) is 0 Å². The number of aliphatic hydroxyl groups is 17. The van der Waals surface area contributed by atoms with Crippen LogP contribution in [0.3, 0.4) is 0 Å². The minimum Gasteiger partial charge on any atom is -0.394 e. The molecule has 0 aromatic carbocycles. The van der Waals surface area contributed by atoms with Gasteiger partial charge < -0.3 is 110 Å². The minimum absolute atomic E-state index is 0.667. The Morgan fingerprint density at radius 3 is 1.48 bits per heavy atom. The van der Waals surface area contributed by atoms with E-state index >= 15 is 0 Å². The summed E-state index contributed by atoms with van der Waals surface area (Å²) in [4.78, 5) is 0. The molecule has 17 N–H and O–H groups in total. The van der Waals surface area contributed by atoms with E-state index in [0.717, 1.165) is 0 Å². The van der Waals surface area contributed by atoms with Crippen LogP contribution in [0, 0.1) is 0 Å². The van der Waals surface area contributed by atoms with Gasteiger partial charge in [0.1, 0.15) is 97.7 Å². The zero-order chi connectivity index (χ0) is 34.8. The fourth-order valence-corrected chi connectivity index (χ4v) is 5.57. The second kappa shape index (κ2) is 16.2. The Bertz CT molecular complexity index is 924. The maximum absolute atomic E-state index is 10.7. The Morgan fingerprint density at radius 2 is 0.957 bits per heavy atom. The third-order valence-corrected chi connectivity index (χ3v) is 8.40. The third kappa shape index (κ3) is 7.48. The van der Waals surface area contributed by atoms with Gasteiger partial charge in [-0.3, -0.25) is 0 Å². The first-order chi connectivity index (χ1) is 21.5. The maximum atomic E-state index is 10.7. The van der Waals surface area contributed by atoms with Crippen molar-refractivity contribution in [1.82, 2.24) is 0 Å². The molecule has 2 unspecified atom stereocenters. The lowest BCUT2D eigenvalue weighted by atomic mass is 9.75. The molecular formula is C24H44O22. The molecule has 0 aliphatic carbocycles. The van der Waals surface area contributed by atoms with Crippen molar-refractivity contribution in [2.45, 2.75) is 122 Å². The largest absolute Gasteiger partial charge is 0.394 e. The van der Waals surface area contributed by atoms with Gasteiger partial charge in [-0.2, -0.15) is 0 Å². The average molecular weight is 685 g/mol. The van der Waals surface area contributed by atoms with Crippen molar-refractivity contribution in [3.05, 3.63) is 0 Å². The Labute approximate surface area is 259 Å². The van der Waals surface area contributed by atoms with Gasteiger partial charge in [0.25, 0.3) is 0 Å². The van der Waals surface area contributed by atoms with Gasteiger partial charge >= 0.3 is 0 Å². The number of ether oxygens (including phenoxy) is 5. The maximum Gasteiger partial charge on any atom is 0.187 e. The highest BCUT2D eigenvalue weighted by Gasteiger charge is 2.63. The normalized spacial score (nSPS) is 53.3. The van der Waals surface area contributed by atoms with Crippen molar-refractivity contribution >= 4 is 0 Å². The standard InChI is InChI=1S/2C12H22O11/c13-1-3-5(15)6(16)9(19)12(22-3)23-10-4(2-14)21-11(20)8(18)7(10)17;13-1-3-5(15)6(16)7(17)10(22-3)12(21)4(2-14)23-11(20)8(18)9(12)19/h3-20H,1-2H2;3-11,13-21H,1-2H2/t3-,4-,5+,6+,7-,8-,9-,10-,11?,12+;3-,4-,5+,6+,7-,8-,9-,10-,11?,12-/m11/s1. The van der Waals surface area contributed by atoms with Crippen molar-refractivity contribution in [2.75, 3.05) is 26.4 Å². The summed E-state index contributed by atoms with van der Waals surface area (Å²) in [5, 5.41) is 164. The lowest BCUT2D eigenvalue weighted by Gasteiger charge is -2.54. The summed E-state index contributed by atoms with van der Waals surface area (Å²) in [5.41, 5.74) is -2.64. The van der Waals surface area contributed by atoms with Crippen LogP contribution in [0.4, 0.5) is 0 Å². The molecule has 0 aromatic heterocycles. The van der Waals surface area contributed by atoms with E-state index in [-0.39, 0.29) is 0 Å². The van der Waals surface area contributed by atoms with Gasteiger partial charge in [-0.25, -0.2) is 0 Å². The average Bonchev–Trinajstić information content (AvgIpc) is 3.04. The summed E-state index contributed by atoms with van der Waals surface area (Å²) >= 11 is 0. The molecule has 0 amide bonds. The van der Waals surface area contributed by atoms with Crippen LogP contribution in [0.1, 0.15) is 0 Å². The molecule has 22 nitrogen and oxygen atoms in total. The fraction of sp³-hybridized carbons (Fsp3) is 1.00. The van der Waals surface area contributed by atoms with Crippen molar-refractivity contribution < 1.29 is 110 Å². The van der Waals surface area contributed by atoms with Crippen LogP contribution >= 0.6 is 0 Å². The lowest BCUT2D eigenvalue weighted by Crippen LogP contribution is -2.77. The molecule has 4 aliphatic rings. The summed E-state index contributed by atoms with van der Waals surface area (Å²) in [5.74, 6) is 0. The van der Waals surface area contributed by atoms with E-state index in [1.807, 2.05) is 0 Å². The lowest BCUT2D eigenvalue weighted by molar-refractivity contribution is -0.367. The monoisotopic (exact) mass is 684 g/mol. The summed E-state index contributed by atoms with van der Waals surface area (Å²) in [7, 11) is 0. The van der Waals surface area contributed by atoms with Crippen LogP contribution < -0.4 is 0 Å². The Morgan fingerprint density at radius 1 is 0.457 bits per heavy atom. The van der Waals surface area contributed by atoms with Gasteiger partial charge in [-0.05, 0) is 0 Å². The molecular weight excluding hydrogens is 640 g/mol. The summed E-state index contributed by atoms with van der Waals surface area (Å²) in [6.07, 6.45) is -32.0. The topological polar surface area (TPSA) is 390 Å². The van der Waals surface area contributed by atoms with E-state index in [2.05, 4.69) is 0 Å². The SMILES string of the molecule is OC[C@H]1O[C@@H](O[C@H]2[C@H](O)[C@@H](O)C(O)O[C@@H]2CO)[C@H](O)[C@@H](O)[C@H]1O.OC[C@H]1O[C@@H]([C@]2(O)[C@H](O)[C@@H](O)C(O)O[C@@H]2CO)[C@H](O)[C@@H](O)[C@H]1O. The first-order valence-electron chi connectivity index (χ1n) is 14.1. The van der Waals surface area contributed by atoms with E-state index in [9.17, 15) is 76.6 Å². The molecule has 0 radical (unpaired) electrons. The van der Waals surface area contributed by atoms with Crippen LogP contribution in [0.2, 0.25) is 0 Å². The van der Waals surface area contributed by atoms with Crippen LogP contribution in [0.5, 0.6) is 0 Å². The van der Waals surface area contributed by atoms with Gasteiger partial charge in [-0.15, -0.1) is 0 Å². The smallest absolute Gasteiger partial charge is 0.187 e. The number of aliphatic hydroxyl groups excluding tert-OH is 16. The van der Waals surface area contributed by atoms with Crippen molar-refractivity contribution in [1.29, 1.82) is 0 Å². The molecule has 0 spiro atoms. The van der Waals surface area contributed by atoms with Crippen LogP contribution in [-0.4, -0.2) is 235 Å². The molecule has 4 heterocycles. The highest BCUT2D eigenvalue weighted by Crippen LogP contribution is 2.38. The molecule has 4 rings (SSSR count). The molecule has 22 heteroatoms. The predicted octanol–water partition coefficient (Wildman–Crippen LogP) is -11.4. The molecule has 4 fully saturated rings. The van der Waals surface area contributed by atoms with Gasteiger partial charge in [-0.1, -0.05) is 0 Å². The first-order valence-corrected chi connectivity index (χ1v) is 14.1. The Kier molecular flexibility index (Phi) is 13.9. The minimum atomic E-state index is -2.64. The molecule has 20 atom stereocenters. The molecule has 0 aromatic rings. The van der Waals surface area contributed by atoms with E-state index in [0.29, 0.717) is 0 Å². The van der Waals surface area contributed by atoms with Crippen molar-refractivity contribution in [3.63, 3.8) is 0 Å². The molecule has 46 heavy (non-hydrogen) atoms. The van der Waals surface area contributed by atoms with Crippen molar-refractivity contribution in [2.24, 2.45) is 0 Å². The van der Waals surface area contributed by atoms with Crippen molar-refractivity contribution in [3.8, 4) is 0 Å². The Balaban J connectivity index is 0.000000250. The van der Waals surface area contributed by atoms with E-state index in [4.69, 9.17) is 33.9 Å². The Hall–Kier alpha value is -0.880. The van der Waals surface area contributed by atoms with Gasteiger partial charge in [0.2, 0.25) is 0 Å². The summed E-state index contributed by atoms with van der Waals surface area (Å²) in [6.45, 7) is -3.04. The second-order valence-corrected chi connectivity index (χ2v) is 11.3. The number of hydrogen-bond donors (Lipinski definition) is 17. The van der Waals surface area contributed by atoms with Gasteiger partial charge in [0.05, 0.1) is 26.4 Å². The highest BCUT2D eigenvalue weighted by atomic mass is 16.7. The molecule has 0 saturated carbocycles. The zero-order valence-corrected chi connectivity index (χ0v) is 23.9. The number of hydrogen-bond acceptors (Lipinski definition) is 22. The van der Waals surface area contributed by atoms with Crippen LogP contribution in [0.25, 0.3) is 0 Å². The third-order valence-electron chi connectivity index (χ3n) is 8.40. The molecule has 4 saturated heterocycles. The second-order valence-electron chi connectivity index (χ2n) is 11.3. The summed E-state index contributed by atoms with van der Waals surface area (Å²) in [6, 6.07) is 0. The first kappa shape index (κ1) is 39.6. The predicted molar refractivity (Wildman–Crippen MR) is 137 cm³/mol. The van der Waals surface area contributed by atoms with E-state index in [1.165, 1.54) is 0 Å².